The maximum atomic E-state index is 13.0. The van der Waals surface area contributed by atoms with Crippen LogP contribution in [0.1, 0.15) is 31.2 Å². The predicted octanol–water partition coefficient (Wildman–Crippen LogP) is 2.71. The number of benzene rings is 2. The molecule has 0 aliphatic carbocycles. The summed E-state index contributed by atoms with van der Waals surface area (Å²) in [5, 5.41) is 5.64. The number of amides is 2. The van der Waals surface area contributed by atoms with Gasteiger partial charge in [0.1, 0.15) is 0 Å². The molecule has 0 radical (unpaired) electrons. The first-order valence-corrected chi connectivity index (χ1v) is 12.1. The number of sulfonamides is 1. The average molecular weight is 464 g/mol. The maximum absolute atomic E-state index is 13.0. The number of piperidine rings is 1. The Bertz CT molecular complexity index is 1010. The highest BCUT2D eigenvalue weighted by Crippen LogP contribution is 2.26. The minimum atomic E-state index is -3.59. The largest absolute Gasteiger partial charge is 0.348 e. The van der Waals surface area contributed by atoms with Crippen LogP contribution in [-0.2, 0) is 26.2 Å². The second-order valence-corrected chi connectivity index (χ2v) is 9.69. The number of hydrogen-bond acceptors (Lipinski definition) is 4. The quantitative estimate of drug-likeness (QED) is 0.617. The van der Waals surface area contributed by atoms with E-state index in [1.165, 1.54) is 4.31 Å². The van der Waals surface area contributed by atoms with Crippen LogP contribution >= 0.6 is 11.6 Å². The van der Waals surface area contributed by atoms with Crippen LogP contribution in [0.2, 0.25) is 5.02 Å². The fourth-order valence-corrected chi connectivity index (χ4v) is 5.58. The first-order chi connectivity index (χ1) is 14.9. The molecule has 1 heterocycles. The van der Waals surface area contributed by atoms with Gasteiger partial charge >= 0.3 is 11.8 Å². The molecule has 2 amide bonds. The Morgan fingerprint density at radius 3 is 2.39 bits per heavy atom. The van der Waals surface area contributed by atoms with Gasteiger partial charge < -0.3 is 10.6 Å². The van der Waals surface area contributed by atoms with Crippen LogP contribution in [-0.4, -0.2) is 43.7 Å². The summed E-state index contributed by atoms with van der Waals surface area (Å²) < 4.78 is 27.6. The number of carbonyl (C=O) groups is 2. The molecule has 0 aromatic heterocycles. The van der Waals surface area contributed by atoms with Crippen molar-refractivity contribution in [3.63, 3.8) is 0 Å². The second kappa shape index (κ2) is 10.7. The number of nitrogens with one attached hydrogen (secondary N) is 2. The third kappa shape index (κ3) is 6.06. The van der Waals surface area contributed by atoms with E-state index >= 15 is 0 Å². The average Bonchev–Trinajstić information content (AvgIpc) is 2.79. The molecular formula is C22H26ClN3O4S. The van der Waals surface area contributed by atoms with E-state index in [0.717, 1.165) is 19.3 Å². The zero-order valence-electron chi connectivity index (χ0n) is 17.1. The van der Waals surface area contributed by atoms with Gasteiger partial charge in [0, 0.05) is 30.7 Å². The Balaban J connectivity index is 1.51. The molecule has 7 nitrogen and oxygen atoms in total. The summed E-state index contributed by atoms with van der Waals surface area (Å²) >= 11 is 6.05. The molecule has 2 aromatic rings. The number of nitrogens with zero attached hydrogens (tertiary/aromatic N) is 1. The van der Waals surface area contributed by atoms with Gasteiger partial charge in [0.2, 0.25) is 10.0 Å². The molecule has 1 atom stereocenters. The van der Waals surface area contributed by atoms with Crippen LogP contribution in [0.3, 0.4) is 0 Å². The summed E-state index contributed by atoms with van der Waals surface area (Å²) in [6.07, 6.45) is 2.90. The Morgan fingerprint density at radius 2 is 1.65 bits per heavy atom. The van der Waals surface area contributed by atoms with Crippen molar-refractivity contribution in [3.05, 3.63) is 65.2 Å². The lowest BCUT2D eigenvalue weighted by Crippen LogP contribution is -2.46. The molecule has 1 fully saturated rings. The lowest BCUT2D eigenvalue weighted by atomic mass is 10.0. The Hall–Kier alpha value is -2.42. The van der Waals surface area contributed by atoms with Crippen molar-refractivity contribution in [1.82, 2.24) is 14.9 Å². The number of carbonyl (C=O) groups excluding carboxylic acids is 2. The molecule has 0 spiro atoms. The van der Waals surface area contributed by atoms with Gasteiger partial charge in [0.05, 0.1) is 4.90 Å². The van der Waals surface area contributed by atoms with Crippen molar-refractivity contribution in [1.29, 1.82) is 0 Å². The first kappa shape index (κ1) is 23.2. The molecule has 9 heteroatoms. The molecule has 0 unspecified atom stereocenters. The minimum absolute atomic E-state index is 0.150. The molecule has 1 saturated heterocycles. The van der Waals surface area contributed by atoms with Crippen molar-refractivity contribution >= 4 is 33.4 Å². The van der Waals surface area contributed by atoms with E-state index in [1.54, 1.807) is 54.6 Å². The fourth-order valence-electron chi connectivity index (χ4n) is 3.64. The van der Waals surface area contributed by atoms with E-state index in [-0.39, 0.29) is 24.0 Å². The molecule has 1 aliphatic rings. The van der Waals surface area contributed by atoms with E-state index in [9.17, 15) is 18.0 Å². The number of hydrogen-bond donors (Lipinski definition) is 2. The third-order valence-corrected chi connectivity index (χ3v) is 7.62. The molecule has 2 N–H and O–H groups in total. The summed E-state index contributed by atoms with van der Waals surface area (Å²) in [7, 11) is -3.59. The molecule has 0 bridgehead atoms. The van der Waals surface area contributed by atoms with Gasteiger partial charge in [0.15, 0.2) is 0 Å². The minimum Gasteiger partial charge on any atom is -0.348 e. The van der Waals surface area contributed by atoms with Gasteiger partial charge in [-0.25, -0.2) is 8.42 Å². The van der Waals surface area contributed by atoms with Crippen molar-refractivity contribution in [2.75, 3.05) is 13.1 Å². The standard InChI is InChI=1S/C22H26ClN3O4S/c23-20-12-5-4-8-17(20)16-25-22(28)21(27)24-14-13-18-9-6-7-15-26(18)31(29,30)19-10-2-1-3-11-19/h1-5,8,10-12,18H,6-7,9,13-16H2,(H,24,27)(H,25,28)/t18-/m0/s1. The van der Waals surface area contributed by atoms with Crippen LogP contribution in [0.5, 0.6) is 0 Å². The molecule has 1 aliphatic heterocycles. The van der Waals surface area contributed by atoms with Gasteiger partial charge in [-0.15, -0.1) is 0 Å². The summed E-state index contributed by atoms with van der Waals surface area (Å²) in [5.74, 6) is -1.50. The van der Waals surface area contributed by atoms with Crippen molar-refractivity contribution in [2.45, 2.75) is 43.2 Å². The maximum Gasteiger partial charge on any atom is 0.309 e. The van der Waals surface area contributed by atoms with Crippen LogP contribution in [0.4, 0.5) is 0 Å². The summed E-state index contributed by atoms with van der Waals surface area (Å²) in [5.41, 5.74) is 0.717. The normalized spacial score (nSPS) is 17.1. The number of rotatable bonds is 7. The monoisotopic (exact) mass is 463 g/mol. The Kier molecular flexibility index (Phi) is 8.06. The van der Waals surface area contributed by atoms with Gasteiger partial charge in [-0.3, -0.25) is 9.59 Å². The Morgan fingerprint density at radius 1 is 0.968 bits per heavy atom. The topological polar surface area (TPSA) is 95.6 Å². The van der Waals surface area contributed by atoms with E-state index in [0.29, 0.717) is 23.6 Å². The molecule has 2 aromatic carbocycles. The van der Waals surface area contributed by atoms with E-state index in [1.807, 2.05) is 0 Å². The van der Waals surface area contributed by atoms with Crippen LogP contribution in [0.25, 0.3) is 0 Å². The summed E-state index contributed by atoms with van der Waals surface area (Å²) in [6, 6.07) is 15.2. The van der Waals surface area contributed by atoms with Gasteiger partial charge in [-0.1, -0.05) is 54.4 Å². The van der Waals surface area contributed by atoms with E-state index in [2.05, 4.69) is 10.6 Å². The van der Waals surface area contributed by atoms with Crippen LogP contribution in [0.15, 0.2) is 59.5 Å². The third-order valence-electron chi connectivity index (χ3n) is 5.29. The van der Waals surface area contributed by atoms with E-state index in [4.69, 9.17) is 11.6 Å². The van der Waals surface area contributed by atoms with Crippen LogP contribution in [0, 0.1) is 0 Å². The molecule has 3 rings (SSSR count). The summed E-state index contributed by atoms with van der Waals surface area (Å²) in [4.78, 5) is 24.4. The van der Waals surface area contributed by atoms with Gasteiger partial charge in [-0.2, -0.15) is 4.31 Å². The highest BCUT2D eigenvalue weighted by Gasteiger charge is 2.33. The molecule has 31 heavy (non-hydrogen) atoms. The summed E-state index contributed by atoms with van der Waals surface area (Å²) in [6.45, 7) is 0.815. The van der Waals surface area contributed by atoms with E-state index < -0.39 is 21.8 Å². The SMILES string of the molecule is O=C(NCC[C@@H]1CCCCN1S(=O)(=O)c1ccccc1)C(=O)NCc1ccccc1Cl. The van der Waals surface area contributed by atoms with Crippen molar-refractivity contribution < 1.29 is 18.0 Å². The van der Waals surface area contributed by atoms with Gasteiger partial charge in [-0.05, 0) is 43.0 Å². The lowest BCUT2D eigenvalue weighted by Gasteiger charge is -2.34. The van der Waals surface area contributed by atoms with Crippen LogP contribution < -0.4 is 10.6 Å². The lowest BCUT2D eigenvalue weighted by molar-refractivity contribution is -0.139. The Labute approximate surface area is 187 Å². The number of halogens is 1. The van der Waals surface area contributed by atoms with Crippen molar-refractivity contribution in [2.24, 2.45) is 0 Å². The second-order valence-electron chi connectivity index (χ2n) is 7.40. The fraction of sp³-hybridized carbons (Fsp3) is 0.364. The smallest absolute Gasteiger partial charge is 0.309 e. The highest BCUT2D eigenvalue weighted by atomic mass is 35.5. The predicted molar refractivity (Wildman–Crippen MR) is 119 cm³/mol. The van der Waals surface area contributed by atoms with Gasteiger partial charge in [0.25, 0.3) is 0 Å². The first-order valence-electron chi connectivity index (χ1n) is 10.3. The molecular weight excluding hydrogens is 438 g/mol. The molecule has 166 valence electrons. The van der Waals surface area contributed by atoms with Crippen molar-refractivity contribution in [3.8, 4) is 0 Å². The zero-order chi connectivity index (χ0) is 22.3. The highest BCUT2D eigenvalue weighted by molar-refractivity contribution is 7.89. The zero-order valence-corrected chi connectivity index (χ0v) is 18.7. The molecule has 0 saturated carbocycles.